The lowest BCUT2D eigenvalue weighted by molar-refractivity contribution is 0.00578. The SMILES string of the molecule is CCN(CC)C(=O)c1cccc(B2OC(C)(C)C(C)(C)O2)c1OC. The minimum Gasteiger partial charge on any atom is -0.496 e. The molecule has 0 atom stereocenters. The van der Waals surface area contributed by atoms with Gasteiger partial charge in [-0.3, -0.25) is 4.79 Å². The Morgan fingerprint density at radius 3 is 2.12 bits per heavy atom. The van der Waals surface area contributed by atoms with E-state index in [1.807, 2.05) is 53.7 Å². The van der Waals surface area contributed by atoms with Crippen LogP contribution >= 0.6 is 0 Å². The topological polar surface area (TPSA) is 48.0 Å². The summed E-state index contributed by atoms with van der Waals surface area (Å²) in [5, 5.41) is 0. The molecule has 1 aliphatic rings. The Labute approximate surface area is 145 Å². The van der Waals surface area contributed by atoms with E-state index in [1.165, 1.54) is 0 Å². The first kappa shape index (κ1) is 18.8. The molecule has 1 fully saturated rings. The number of nitrogens with zero attached hydrogens (tertiary/aromatic N) is 1. The van der Waals surface area contributed by atoms with Crippen LogP contribution in [0.3, 0.4) is 0 Å². The fourth-order valence-corrected chi connectivity index (χ4v) is 2.79. The lowest BCUT2D eigenvalue weighted by Crippen LogP contribution is -2.41. The Bertz CT molecular complexity index is 595. The van der Waals surface area contributed by atoms with Gasteiger partial charge in [0.1, 0.15) is 5.75 Å². The average molecular weight is 333 g/mol. The van der Waals surface area contributed by atoms with E-state index < -0.39 is 18.3 Å². The van der Waals surface area contributed by atoms with Gasteiger partial charge in [-0.05, 0) is 47.6 Å². The molecule has 1 aliphatic heterocycles. The second-order valence-corrected chi connectivity index (χ2v) is 6.99. The molecule has 24 heavy (non-hydrogen) atoms. The first-order valence-electron chi connectivity index (χ1n) is 8.50. The Morgan fingerprint density at radius 1 is 1.12 bits per heavy atom. The summed E-state index contributed by atoms with van der Waals surface area (Å²) in [6, 6.07) is 5.52. The highest BCUT2D eigenvalue weighted by atomic mass is 16.7. The molecule has 1 aromatic rings. The molecule has 0 unspecified atom stereocenters. The largest absolute Gasteiger partial charge is 0.498 e. The normalized spacial score (nSPS) is 18.5. The van der Waals surface area contributed by atoms with Crippen LogP contribution in [0.4, 0.5) is 0 Å². The van der Waals surface area contributed by atoms with E-state index in [-0.39, 0.29) is 5.91 Å². The maximum atomic E-state index is 12.8. The van der Waals surface area contributed by atoms with Gasteiger partial charge in [-0.25, -0.2) is 0 Å². The molecule has 0 spiro atoms. The second-order valence-electron chi connectivity index (χ2n) is 6.99. The van der Waals surface area contributed by atoms with Crippen LogP contribution in [-0.4, -0.2) is 49.3 Å². The van der Waals surface area contributed by atoms with Crippen LogP contribution in [-0.2, 0) is 9.31 Å². The Kier molecular flexibility index (Phi) is 5.30. The van der Waals surface area contributed by atoms with Crippen molar-refractivity contribution >= 4 is 18.5 Å². The van der Waals surface area contributed by atoms with E-state index in [9.17, 15) is 4.79 Å². The molecule has 5 nitrogen and oxygen atoms in total. The van der Waals surface area contributed by atoms with Crippen LogP contribution in [0.1, 0.15) is 51.9 Å². The molecule has 1 saturated heterocycles. The summed E-state index contributed by atoms with van der Waals surface area (Å²) < 4.78 is 17.8. The molecule has 1 aromatic carbocycles. The number of rotatable bonds is 5. The predicted octanol–water partition coefficient (Wildman–Crippen LogP) is 2.48. The highest BCUT2D eigenvalue weighted by molar-refractivity contribution is 6.63. The minimum absolute atomic E-state index is 0.0461. The fourth-order valence-electron chi connectivity index (χ4n) is 2.79. The van der Waals surface area contributed by atoms with Gasteiger partial charge in [-0.15, -0.1) is 0 Å². The number of para-hydroxylation sites is 1. The molecule has 1 amide bonds. The van der Waals surface area contributed by atoms with Gasteiger partial charge in [-0.1, -0.05) is 12.1 Å². The number of hydrogen-bond donors (Lipinski definition) is 0. The smallest absolute Gasteiger partial charge is 0.496 e. The maximum absolute atomic E-state index is 12.8. The van der Waals surface area contributed by atoms with Gasteiger partial charge in [0, 0.05) is 18.6 Å². The zero-order valence-electron chi connectivity index (χ0n) is 15.8. The number of benzene rings is 1. The van der Waals surface area contributed by atoms with Crippen molar-refractivity contribution in [1.29, 1.82) is 0 Å². The molecule has 0 bridgehead atoms. The van der Waals surface area contributed by atoms with Gasteiger partial charge in [0.25, 0.3) is 5.91 Å². The molecule has 0 radical (unpaired) electrons. The van der Waals surface area contributed by atoms with Gasteiger partial charge in [0.15, 0.2) is 0 Å². The zero-order valence-corrected chi connectivity index (χ0v) is 15.8. The highest BCUT2D eigenvalue weighted by Crippen LogP contribution is 2.37. The third kappa shape index (κ3) is 3.17. The summed E-state index contributed by atoms with van der Waals surface area (Å²) >= 11 is 0. The van der Waals surface area contributed by atoms with Crippen molar-refractivity contribution in [2.45, 2.75) is 52.7 Å². The van der Waals surface area contributed by atoms with Crippen molar-refractivity contribution in [3.8, 4) is 5.75 Å². The molecule has 0 N–H and O–H groups in total. The van der Waals surface area contributed by atoms with Gasteiger partial charge >= 0.3 is 7.12 Å². The van der Waals surface area contributed by atoms with Crippen molar-refractivity contribution in [3.05, 3.63) is 23.8 Å². The van der Waals surface area contributed by atoms with Gasteiger partial charge < -0.3 is 18.9 Å². The molecule has 0 aliphatic carbocycles. The Hall–Kier alpha value is -1.53. The molecule has 2 rings (SSSR count). The second kappa shape index (κ2) is 6.77. The summed E-state index contributed by atoms with van der Waals surface area (Å²) in [5.74, 6) is 0.475. The standard InChI is InChI=1S/C18H28BNO4/c1-8-20(9-2)16(21)13-11-10-12-14(15(13)22-7)19-23-17(3,4)18(5,6)24-19/h10-12H,8-9H2,1-7H3. The van der Waals surface area contributed by atoms with Crippen molar-refractivity contribution < 1.29 is 18.8 Å². The van der Waals surface area contributed by atoms with E-state index in [2.05, 4.69) is 0 Å². The van der Waals surface area contributed by atoms with Gasteiger partial charge in [0.2, 0.25) is 0 Å². The number of ether oxygens (including phenoxy) is 1. The third-order valence-electron chi connectivity index (χ3n) is 5.04. The Balaban J connectivity index is 2.43. The van der Waals surface area contributed by atoms with E-state index in [4.69, 9.17) is 14.0 Å². The van der Waals surface area contributed by atoms with Crippen molar-refractivity contribution in [2.24, 2.45) is 0 Å². The molecular weight excluding hydrogens is 305 g/mol. The lowest BCUT2D eigenvalue weighted by Gasteiger charge is -2.32. The van der Waals surface area contributed by atoms with Crippen LogP contribution in [0, 0.1) is 0 Å². The number of carbonyl (C=O) groups is 1. The van der Waals surface area contributed by atoms with Crippen LogP contribution in [0.25, 0.3) is 0 Å². The zero-order chi connectivity index (χ0) is 18.1. The number of carbonyl (C=O) groups excluding carboxylic acids is 1. The van der Waals surface area contributed by atoms with Crippen molar-refractivity contribution in [3.63, 3.8) is 0 Å². The first-order chi connectivity index (χ1) is 11.2. The number of hydrogen-bond acceptors (Lipinski definition) is 4. The Morgan fingerprint density at radius 2 is 1.67 bits per heavy atom. The van der Waals surface area contributed by atoms with E-state index >= 15 is 0 Å². The summed E-state index contributed by atoms with van der Waals surface area (Å²) in [4.78, 5) is 14.5. The van der Waals surface area contributed by atoms with Crippen LogP contribution in [0.5, 0.6) is 5.75 Å². The van der Waals surface area contributed by atoms with Crippen LogP contribution in [0.15, 0.2) is 18.2 Å². The number of amides is 1. The van der Waals surface area contributed by atoms with E-state index in [0.29, 0.717) is 24.4 Å². The lowest BCUT2D eigenvalue weighted by atomic mass is 9.77. The summed E-state index contributed by atoms with van der Waals surface area (Å²) in [6.07, 6.45) is 0. The highest BCUT2D eigenvalue weighted by Gasteiger charge is 2.52. The van der Waals surface area contributed by atoms with Crippen molar-refractivity contribution in [2.75, 3.05) is 20.2 Å². The molecule has 6 heteroatoms. The molecular formula is C18H28BNO4. The first-order valence-corrected chi connectivity index (χ1v) is 8.50. The van der Waals surface area contributed by atoms with Gasteiger partial charge in [0.05, 0.1) is 23.9 Å². The van der Waals surface area contributed by atoms with E-state index in [0.717, 1.165) is 5.46 Å². The molecule has 1 heterocycles. The van der Waals surface area contributed by atoms with Gasteiger partial charge in [-0.2, -0.15) is 0 Å². The minimum atomic E-state index is -0.561. The maximum Gasteiger partial charge on any atom is 0.498 e. The average Bonchev–Trinajstić information content (AvgIpc) is 2.75. The molecule has 0 aromatic heterocycles. The summed E-state index contributed by atoms with van der Waals surface area (Å²) in [7, 11) is 1.01. The third-order valence-corrected chi connectivity index (χ3v) is 5.04. The summed E-state index contributed by atoms with van der Waals surface area (Å²) in [5.41, 5.74) is 0.394. The fraction of sp³-hybridized carbons (Fsp3) is 0.611. The van der Waals surface area contributed by atoms with Crippen LogP contribution < -0.4 is 10.2 Å². The quantitative estimate of drug-likeness (QED) is 0.777. The number of methoxy groups -OCH3 is 1. The predicted molar refractivity (Wildman–Crippen MR) is 96.0 cm³/mol. The van der Waals surface area contributed by atoms with Crippen LogP contribution in [0.2, 0.25) is 0 Å². The monoisotopic (exact) mass is 333 g/mol. The molecule has 0 saturated carbocycles. The molecule has 132 valence electrons. The van der Waals surface area contributed by atoms with E-state index in [1.54, 1.807) is 18.1 Å². The van der Waals surface area contributed by atoms with Crippen molar-refractivity contribution in [1.82, 2.24) is 4.90 Å². The summed E-state index contributed by atoms with van der Waals surface area (Å²) in [6.45, 7) is 13.2.